The topological polar surface area (TPSA) is 67.2 Å². The van der Waals surface area contributed by atoms with Crippen LogP contribution in [-0.4, -0.2) is 13.0 Å². The summed E-state index contributed by atoms with van der Waals surface area (Å²) in [6, 6.07) is 11.1. The summed E-state index contributed by atoms with van der Waals surface area (Å²) in [6.07, 6.45) is 0. The normalized spacial score (nSPS) is 10.2. The first-order chi connectivity index (χ1) is 9.51. The third-order valence-corrected chi connectivity index (χ3v) is 3.50. The van der Waals surface area contributed by atoms with E-state index in [0.29, 0.717) is 16.9 Å². The monoisotopic (exact) mass is 333 g/mol. The number of carbonyl (C=O) groups is 1. The molecule has 2 aromatic carbocycles. The van der Waals surface area contributed by atoms with Gasteiger partial charge in [0, 0.05) is 22.8 Å². The number of anilines is 3. The van der Waals surface area contributed by atoms with Crippen LogP contribution in [0.15, 0.2) is 40.9 Å². The Morgan fingerprint density at radius 1 is 1.15 bits per heavy atom. The maximum absolute atomic E-state index is 11.7. The number of nitrogens with one attached hydrogen (secondary N) is 2. The molecule has 0 fully saturated rings. The molecule has 0 aliphatic rings. The Balaban J connectivity index is 2.37. The first-order valence-corrected chi connectivity index (χ1v) is 6.95. The number of benzene rings is 2. The van der Waals surface area contributed by atoms with Crippen LogP contribution in [-0.2, 0) is 0 Å². The molecule has 4 N–H and O–H groups in total. The highest BCUT2D eigenvalue weighted by Gasteiger charge is 2.08. The van der Waals surface area contributed by atoms with Gasteiger partial charge in [0.2, 0.25) is 0 Å². The van der Waals surface area contributed by atoms with Crippen LogP contribution in [0.5, 0.6) is 0 Å². The van der Waals surface area contributed by atoms with Gasteiger partial charge in [0.15, 0.2) is 0 Å². The molecule has 5 heteroatoms. The van der Waals surface area contributed by atoms with Crippen LogP contribution in [0.25, 0.3) is 0 Å². The van der Waals surface area contributed by atoms with Gasteiger partial charge >= 0.3 is 0 Å². The van der Waals surface area contributed by atoms with E-state index in [-0.39, 0.29) is 5.91 Å². The second kappa shape index (κ2) is 5.96. The molecule has 0 spiro atoms. The molecule has 0 bridgehead atoms. The van der Waals surface area contributed by atoms with Gasteiger partial charge in [-0.2, -0.15) is 0 Å². The van der Waals surface area contributed by atoms with E-state index in [1.54, 1.807) is 25.2 Å². The summed E-state index contributed by atoms with van der Waals surface area (Å²) < 4.78 is 0.978. The van der Waals surface area contributed by atoms with Crippen LogP contribution < -0.4 is 16.4 Å². The maximum atomic E-state index is 11.7. The number of hydrogen-bond acceptors (Lipinski definition) is 3. The SMILES string of the molecule is CNC(=O)c1ccc(N)c(Nc2cc(Br)ccc2C)c1. The van der Waals surface area contributed by atoms with E-state index in [2.05, 4.69) is 26.6 Å². The Hall–Kier alpha value is -2.01. The minimum Gasteiger partial charge on any atom is -0.397 e. The fourth-order valence-corrected chi connectivity index (χ4v) is 2.19. The zero-order chi connectivity index (χ0) is 14.7. The van der Waals surface area contributed by atoms with E-state index in [0.717, 1.165) is 15.7 Å². The fourth-order valence-electron chi connectivity index (χ4n) is 1.82. The van der Waals surface area contributed by atoms with Gasteiger partial charge < -0.3 is 16.4 Å². The quantitative estimate of drug-likeness (QED) is 0.753. The average molecular weight is 334 g/mol. The van der Waals surface area contributed by atoms with Crippen molar-refractivity contribution in [1.29, 1.82) is 0 Å². The number of nitrogen functional groups attached to an aromatic ring is 1. The summed E-state index contributed by atoms with van der Waals surface area (Å²) in [6.45, 7) is 2.01. The van der Waals surface area contributed by atoms with Gasteiger partial charge in [-0.3, -0.25) is 4.79 Å². The molecule has 104 valence electrons. The molecular formula is C15H16BrN3O. The van der Waals surface area contributed by atoms with E-state index < -0.39 is 0 Å². The zero-order valence-corrected chi connectivity index (χ0v) is 12.9. The molecule has 0 atom stereocenters. The van der Waals surface area contributed by atoms with Crippen molar-refractivity contribution in [2.45, 2.75) is 6.92 Å². The second-order valence-corrected chi connectivity index (χ2v) is 5.38. The minimum atomic E-state index is -0.140. The number of rotatable bonds is 3. The van der Waals surface area contributed by atoms with Gasteiger partial charge in [0.1, 0.15) is 0 Å². The fraction of sp³-hybridized carbons (Fsp3) is 0.133. The Morgan fingerprint density at radius 3 is 2.60 bits per heavy atom. The summed E-state index contributed by atoms with van der Waals surface area (Å²) in [5.74, 6) is -0.140. The molecule has 0 saturated carbocycles. The van der Waals surface area contributed by atoms with E-state index in [4.69, 9.17) is 5.73 Å². The molecule has 2 rings (SSSR count). The molecule has 1 amide bonds. The maximum Gasteiger partial charge on any atom is 0.251 e. The van der Waals surface area contributed by atoms with Gasteiger partial charge in [0.25, 0.3) is 5.91 Å². The van der Waals surface area contributed by atoms with Crippen molar-refractivity contribution in [2.75, 3.05) is 18.1 Å². The molecular weight excluding hydrogens is 318 g/mol. The standard InChI is InChI=1S/C15H16BrN3O/c1-9-3-5-11(16)8-13(9)19-14-7-10(15(20)18-2)4-6-12(14)17/h3-8,19H,17H2,1-2H3,(H,18,20). The lowest BCUT2D eigenvalue weighted by molar-refractivity contribution is 0.0963. The number of hydrogen-bond donors (Lipinski definition) is 3. The third-order valence-electron chi connectivity index (χ3n) is 3.01. The van der Waals surface area contributed by atoms with Crippen molar-refractivity contribution < 1.29 is 4.79 Å². The van der Waals surface area contributed by atoms with Crippen molar-refractivity contribution in [1.82, 2.24) is 5.32 Å². The lowest BCUT2D eigenvalue weighted by atomic mass is 10.1. The second-order valence-electron chi connectivity index (χ2n) is 4.47. The highest BCUT2D eigenvalue weighted by Crippen LogP contribution is 2.28. The van der Waals surface area contributed by atoms with Crippen molar-refractivity contribution in [3.63, 3.8) is 0 Å². The van der Waals surface area contributed by atoms with Crippen LogP contribution in [0.4, 0.5) is 17.1 Å². The van der Waals surface area contributed by atoms with Crippen molar-refractivity contribution in [2.24, 2.45) is 0 Å². The predicted octanol–water partition coefficient (Wildman–Crippen LogP) is 3.44. The molecule has 0 aliphatic heterocycles. The minimum absolute atomic E-state index is 0.140. The van der Waals surface area contributed by atoms with Crippen LogP contribution in [0.1, 0.15) is 15.9 Å². The van der Waals surface area contributed by atoms with Crippen molar-refractivity contribution in [3.8, 4) is 0 Å². The molecule has 4 nitrogen and oxygen atoms in total. The van der Waals surface area contributed by atoms with Crippen LogP contribution >= 0.6 is 15.9 Å². The van der Waals surface area contributed by atoms with E-state index in [1.807, 2.05) is 25.1 Å². The molecule has 0 radical (unpaired) electrons. The number of amides is 1. The highest BCUT2D eigenvalue weighted by atomic mass is 79.9. The van der Waals surface area contributed by atoms with E-state index >= 15 is 0 Å². The first-order valence-electron chi connectivity index (χ1n) is 6.16. The highest BCUT2D eigenvalue weighted by molar-refractivity contribution is 9.10. The molecule has 0 aliphatic carbocycles. The van der Waals surface area contributed by atoms with E-state index in [1.165, 1.54) is 0 Å². The number of carbonyl (C=O) groups excluding carboxylic acids is 1. The Kier molecular flexibility index (Phi) is 4.29. The Bertz CT molecular complexity index is 656. The molecule has 2 aromatic rings. The lowest BCUT2D eigenvalue weighted by Crippen LogP contribution is -2.18. The summed E-state index contributed by atoms with van der Waals surface area (Å²) in [5, 5.41) is 5.86. The van der Waals surface area contributed by atoms with Crippen LogP contribution in [0.2, 0.25) is 0 Å². The number of nitrogens with two attached hydrogens (primary N) is 1. The summed E-state index contributed by atoms with van der Waals surface area (Å²) in [7, 11) is 1.60. The smallest absolute Gasteiger partial charge is 0.251 e. The average Bonchev–Trinajstić information content (AvgIpc) is 2.44. The molecule has 0 unspecified atom stereocenters. The van der Waals surface area contributed by atoms with Crippen molar-refractivity contribution in [3.05, 3.63) is 52.0 Å². The number of aryl methyl sites for hydroxylation is 1. The van der Waals surface area contributed by atoms with Gasteiger partial charge in [-0.1, -0.05) is 22.0 Å². The molecule has 0 aromatic heterocycles. The Labute approximate surface area is 126 Å². The van der Waals surface area contributed by atoms with Gasteiger partial charge in [-0.25, -0.2) is 0 Å². The number of halogens is 1. The third kappa shape index (κ3) is 3.11. The summed E-state index contributed by atoms with van der Waals surface area (Å²) in [4.78, 5) is 11.7. The van der Waals surface area contributed by atoms with Gasteiger partial charge in [-0.05, 0) is 42.8 Å². The molecule has 0 heterocycles. The molecule has 20 heavy (non-hydrogen) atoms. The largest absolute Gasteiger partial charge is 0.397 e. The van der Waals surface area contributed by atoms with Crippen LogP contribution in [0.3, 0.4) is 0 Å². The van der Waals surface area contributed by atoms with Crippen molar-refractivity contribution >= 4 is 38.9 Å². The lowest BCUT2D eigenvalue weighted by Gasteiger charge is -2.13. The Morgan fingerprint density at radius 2 is 1.90 bits per heavy atom. The predicted molar refractivity (Wildman–Crippen MR) is 86.4 cm³/mol. The first kappa shape index (κ1) is 14.4. The van der Waals surface area contributed by atoms with E-state index in [9.17, 15) is 4.79 Å². The van der Waals surface area contributed by atoms with Crippen LogP contribution in [0, 0.1) is 6.92 Å². The summed E-state index contributed by atoms with van der Waals surface area (Å²) in [5.41, 5.74) is 9.88. The van der Waals surface area contributed by atoms with Gasteiger partial charge in [-0.15, -0.1) is 0 Å². The zero-order valence-electron chi connectivity index (χ0n) is 11.3. The summed E-state index contributed by atoms with van der Waals surface area (Å²) >= 11 is 3.44. The van der Waals surface area contributed by atoms with Gasteiger partial charge in [0.05, 0.1) is 11.4 Å². The molecule has 0 saturated heterocycles.